The molecule has 6 nitrogen and oxygen atoms in total. The van der Waals surface area contributed by atoms with Crippen molar-refractivity contribution in [1.29, 1.82) is 0 Å². The summed E-state index contributed by atoms with van der Waals surface area (Å²) < 4.78 is 11.2. The minimum atomic E-state index is -0.696. The zero-order valence-electron chi connectivity index (χ0n) is 13.5. The molecule has 126 valence electrons. The monoisotopic (exact) mass is 328 g/mol. The lowest BCUT2D eigenvalue weighted by Gasteiger charge is -2.25. The fourth-order valence-corrected chi connectivity index (χ4v) is 3.76. The maximum atomic E-state index is 12.6. The zero-order valence-corrected chi connectivity index (χ0v) is 13.5. The third-order valence-corrected chi connectivity index (χ3v) is 5.12. The van der Waals surface area contributed by atoms with Crippen LogP contribution in [0.5, 0.6) is 0 Å². The highest BCUT2D eigenvalue weighted by molar-refractivity contribution is 5.92. The number of amides is 1. The third kappa shape index (κ3) is 2.42. The van der Waals surface area contributed by atoms with Crippen LogP contribution in [0.2, 0.25) is 0 Å². The second-order valence-electron chi connectivity index (χ2n) is 6.66. The van der Waals surface area contributed by atoms with E-state index in [4.69, 9.17) is 9.15 Å². The van der Waals surface area contributed by atoms with E-state index >= 15 is 0 Å². The van der Waals surface area contributed by atoms with E-state index in [1.54, 1.807) is 11.8 Å². The molecule has 1 amide bonds. The number of hydrogen-bond acceptors (Lipinski definition) is 5. The van der Waals surface area contributed by atoms with Gasteiger partial charge < -0.3 is 19.2 Å². The summed E-state index contributed by atoms with van der Waals surface area (Å²) in [5.74, 6) is 0.229. The fraction of sp³-hybridized carbons (Fsp3) is 0.444. The Bertz CT molecular complexity index is 744. The number of ether oxygens (including phenoxy) is 1. The van der Waals surface area contributed by atoms with Crippen LogP contribution < -0.4 is 0 Å². The Hall–Kier alpha value is -2.18. The lowest BCUT2D eigenvalue weighted by molar-refractivity contribution is -0.0591. The largest absolute Gasteiger partial charge is 0.438 e. The van der Waals surface area contributed by atoms with Gasteiger partial charge in [0.1, 0.15) is 11.7 Å². The molecule has 2 fully saturated rings. The SMILES string of the molecule is Cc1ncoc1C(=O)N1C[C@@H](O)[C@@]2(C[C@@H](c3ccccc3)CO2)C1. The molecule has 6 heteroatoms. The molecule has 2 aliphatic rings. The lowest BCUT2D eigenvalue weighted by atomic mass is 9.87. The molecule has 0 bridgehead atoms. The number of aryl methyl sites for hydroxylation is 1. The van der Waals surface area contributed by atoms with Crippen LogP contribution in [0.3, 0.4) is 0 Å². The summed E-state index contributed by atoms with van der Waals surface area (Å²) in [5, 5.41) is 10.6. The fourth-order valence-electron chi connectivity index (χ4n) is 3.76. The van der Waals surface area contributed by atoms with Crippen LogP contribution >= 0.6 is 0 Å². The molecular formula is C18H20N2O4. The molecule has 1 aromatic heterocycles. The second-order valence-corrected chi connectivity index (χ2v) is 6.66. The van der Waals surface area contributed by atoms with Crippen LogP contribution in [0.1, 0.15) is 34.2 Å². The molecular weight excluding hydrogens is 308 g/mol. The van der Waals surface area contributed by atoms with E-state index in [1.807, 2.05) is 18.2 Å². The molecule has 24 heavy (non-hydrogen) atoms. The summed E-state index contributed by atoms with van der Waals surface area (Å²) in [4.78, 5) is 18.2. The predicted molar refractivity (Wildman–Crippen MR) is 85.6 cm³/mol. The van der Waals surface area contributed by atoms with Gasteiger partial charge in [-0.25, -0.2) is 4.98 Å². The molecule has 2 aromatic rings. The molecule has 0 aliphatic carbocycles. The first-order valence-corrected chi connectivity index (χ1v) is 8.15. The number of aliphatic hydroxyl groups is 1. The number of aromatic nitrogens is 1. The van der Waals surface area contributed by atoms with Gasteiger partial charge in [0.05, 0.1) is 25.4 Å². The molecule has 0 saturated carbocycles. The van der Waals surface area contributed by atoms with Crippen molar-refractivity contribution in [1.82, 2.24) is 9.88 Å². The summed E-state index contributed by atoms with van der Waals surface area (Å²) in [7, 11) is 0. The predicted octanol–water partition coefficient (Wildman–Crippen LogP) is 1.74. The van der Waals surface area contributed by atoms with Crippen LogP contribution in [-0.2, 0) is 4.74 Å². The minimum absolute atomic E-state index is 0.233. The zero-order chi connectivity index (χ0) is 16.7. The number of benzene rings is 1. The number of carbonyl (C=O) groups is 1. The summed E-state index contributed by atoms with van der Waals surface area (Å²) in [6.07, 6.45) is 1.28. The number of likely N-dealkylation sites (tertiary alicyclic amines) is 1. The topological polar surface area (TPSA) is 75.8 Å². The molecule has 3 atom stereocenters. The van der Waals surface area contributed by atoms with E-state index in [0.29, 0.717) is 25.3 Å². The van der Waals surface area contributed by atoms with Gasteiger partial charge in [0.15, 0.2) is 6.39 Å². The quantitative estimate of drug-likeness (QED) is 0.909. The van der Waals surface area contributed by atoms with Crippen molar-refractivity contribution in [3.8, 4) is 0 Å². The maximum Gasteiger partial charge on any atom is 0.291 e. The smallest absolute Gasteiger partial charge is 0.291 e. The van der Waals surface area contributed by atoms with Crippen LogP contribution in [0.4, 0.5) is 0 Å². The van der Waals surface area contributed by atoms with E-state index in [-0.39, 0.29) is 24.1 Å². The lowest BCUT2D eigenvalue weighted by Crippen LogP contribution is -2.41. The van der Waals surface area contributed by atoms with Crippen LogP contribution in [0, 0.1) is 6.92 Å². The Morgan fingerprint density at radius 3 is 2.88 bits per heavy atom. The Labute approximate surface area is 140 Å². The highest BCUT2D eigenvalue weighted by Crippen LogP contribution is 2.42. The molecule has 1 N–H and O–H groups in total. The van der Waals surface area contributed by atoms with Gasteiger partial charge in [0.25, 0.3) is 5.91 Å². The van der Waals surface area contributed by atoms with Gasteiger partial charge in [-0.3, -0.25) is 4.79 Å². The Morgan fingerprint density at radius 1 is 1.38 bits per heavy atom. The van der Waals surface area contributed by atoms with E-state index in [0.717, 1.165) is 0 Å². The number of nitrogens with zero attached hydrogens (tertiary/aromatic N) is 2. The Balaban J connectivity index is 1.51. The summed E-state index contributed by atoms with van der Waals surface area (Å²) >= 11 is 0. The second kappa shape index (κ2) is 5.72. The molecule has 0 radical (unpaired) electrons. The van der Waals surface area contributed by atoms with E-state index < -0.39 is 11.7 Å². The van der Waals surface area contributed by atoms with Crippen molar-refractivity contribution in [2.24, 2.45) is 0 Å². The molecule has 4 rings (SSSR count). The molecule has 2 saturated heterocycles. The van der Waals surface area contributed by atoms with Crippen molar-refractivity contribution in [2.75, 3.05) is 19.7 Å². The van der Waals surface area contributed by atoms with E-state index in [9.17, 15) is 9.90 Å². The molecule has 1 aromatic carbocycles. The number of carbonyl (C=O) groups excluding carboxylic acids is 1. The van der Waals surface area contributed by atoms with Crippen molar-refractivity contribution in [3.05, 3.63) is 53.7 Å². The van der Waals surface area contributed by atoms with Gasteiger partial charge in [-0.05, 0) is 18.9 Å². The summed E-state index contributed by atoms with van der Waals surface area (Å²) in [6, 6.07) is 10.2. The van der Waals surface area contributed by atoms with Crippen LogP contribution in [-0.4, -0.2) is 52.3 Å². The maximum absolute atomic E-state index is 12.6. The number of aliphatic hydroxyl groups excluding tert-OH is 1. The van der Waals surface area contributed by atoms with Gasteiger partial charge in [-0.2, -0.15) is 0 Å². The average Bonchev–Trinajstić information content (AvgIpc) is 3.29. The molecule has 0 unspecified atom stereocenters. The van der Waals surface area contributed by atoms with Gasteiger partial charge in [-0.15, -0.1) is 0 Å². The Morgan fingerprint density at radius 2 is 2.17 bits per heavy atom. The van der Waals surface area contributed by atoms with Crippen molar-refractivity contribution in [2.45, 2.75) is 31.0 Å². The van der Waals surface area contributed by atoms with E-state index in [2.05, 4.69) is 17.1 Å². The van der Waals surface area contributed by atoms with Crippen LogP contribution in [0.25, 0.3) is 0 Å². The summed E-state index contributed by atoms with van der Waals surface area (Å²) in [6.45, 7) is 2.91. The highest BCUT2D eigenvalue weighted by Gasteiger charge is 2.53. The van der Waals surface area contributed by atoms with Crippen LogP contribution in [0.15, 0.2) is 41.1 Å². The normalized spacial score (nSPS) is 29.5. The first-order chi connectivity index (χ1) is 11.6. The van der Waals surface area contributed by atoms with E-state index in [1.165, 1.54) is 12.0 Å². The van der Waals surface area contributed by atoms with Crippen molar-refractivity contribution < 1.29 is 19.1 Å². The number of hydrogen-bond donors (Lipinski definition) is 1. The van der Waals surface area contributed by atoms with Crippen molar-refractivity contribution >= 4 is 5.91 Å². The molecule has 1 spiro atoms. The highest BCUT2D eigenvalue weighted by atomic mass is 16.5. The first kappa shape index (κ1) is 15.4. The minimum Gasteiger partial charge on any atom is -0.438 e. The van der Waals surface area contributed by atoms with Crippen molar-refractivity contribution in [3.63, 3.8) is 0 Å². The van der Waals surface area contributed by atoms with Gasteiger partial charge in [-0.1, -0.05) is 30.3 Å². The number of oxazole rings is 1. The summed E-state index contributed by atoms with van der Waals surface area (Å²) in [5.41, 5.74) is 1.08. The average molecular weight is 328 g/mol. The number of rotatable bonds is 2. The first-order valence-electron chi connectivity index (χ1n) is 8.15. The van der Waals surface area contributed by atoms with Gasteiger partial charge in [0, 0.05) is 5.92 Å². The molecule has 2 aliphatic heterocycles. The Kier molecular flexibility index (Phi) is 3.66. The molecule has 3 heterocycles. The van der Waals surface area contributed by atoms with Gasteiger partial charge in [0.2, 0.25) is 5.76 Å². The van der Waals surface area contributed by atoms with Gasteiger partial charge >= 0.3 is 0 Å². The number of β-amino-alcohol motifs (C(OH)–C–C–N with tert-alkyl or cyclic N) is 1. The third-order valence-electron chi connectivity index (χ3n) is 5.12. The standard InChI is InChI=1S/C18H20N2O4/c1-12-16(23-11-19-12)17(22)20-8-15(21)18(10-20)7-14(9-24-18)13-5-3-2-4-6-13/h2-6,11,14-15,21H,7-10H2,1H3/t14-,15-,18-/m1/s1.